The highest BCUT2D eigenvalue weighted by molar-refractivity contribution is 7.90. The molecular formula is C23H28N2O5S. The van der Waals surface area contributed by atoms with Crippen LogP contribution in [0.25, 0.3) is 16.7 Å². The molecule has 1 aliphatic heterocycles. The van der Waals surface area contributed by atoms with Gasteiger partial charge in [0.2, 0.25) is 10.0 Å². The van der Waals surface area contributed by atoms with Gasteiger partial charge in [-0.05, 0) is 47.6 Å². The van der Waals surface area contributed by atoms with Crippen LogP contribution in [0.1, 0.15) is 24.0 Å². The second-order valence-electron chi connectivity index (χ2n) is 7.52. The highest BCUT2D eigenvalue weighted by Crippen LogP contribution is 2.30. The number of benzene rings is 2. The van der Waals surface area contributed by atoms with Crippen molar-refractivity contribution in [1.29, 1.82) is 0 Å². The average Bonchev–Trinajstić information content (AvgIpc) is 2.79. The Morgan fingerprint density at radius 3 is 2.52 bits per heavy atom. The van der Waals surface area contributed by atoms with Crippen LogP contribution in [-0.2, 0) is 19.6 Å². The minimum atomic E-state index is -3.93. The fourth-order valence-corrected chi connectivity index (χ4v) is 5.55. The molecule has 0 radical (unpaired) electrons. The van der Waals surface area contributed by atoms with Crippen LogP contribution < -0.4 is 5.48 Å². The summed E-state index contributed by atoms with van der Waals surface area (Å²) in [6, 6.07) is 16.4. The first-order chi connectivity index (χ1) is 14.9. The predicted octanol–water partition coefficient (Wildman–Crippen LogP) is 2.99. The first-order valence-electron chi connectivity index (χ1n) is 10.2. The van der Waals surface area contributed by atoms with Gasteiger partial charge >= 0.3 is 0 Å². The highest BCUT2D eigenvalue weighted by Gasteiger charge is 2.37. The van der Waals surface area contributed by atoms with Crippen molar-refractivity contribution in [3.63, 3.8) is 0 Å². The van der Waals surface area contributed by atoms with E-state index < -0.39 is 21.2 Å². The zero-order valence-corrected chi connectivity index (χ0v) is 18.6. The van der Waals surface area contributed by atoms with Crippen molar-refractivity contribution in [2.75, 3.05) is 26.8 Å². The first-order valence-corrected chi connectivity index (χ1v) is 11.7. The van der Waals surface area contributed by atoms with Crippen LogP contribution in [0.5, 0.6) is 0 Å². The summed E-state index contributed by atoms with van der Waals surface area (Å²) < 4.78 is 32.1. The molecule has 0 bridgehead atoms. The van der Waals surface area contributed by atoms with Crippen LogP contribution in [0.4, 0.5) is 0 Å². The average molecular weight is 445 g/mol. The van der Waals surface area contributed by atoms with Crippen molar-refractivity contribution < 1.29 is 23.2 Å². The van der Waals surface area contributed by atoms with E-state index in [0.29, 0.717) is 6.42 Å². The van der Waals surface area contributed by atoms with E-state index >= 15 is 0 Å². The maximum absolute atomic E-state index is 13.0. The van der Waals surface area contributed by atoms with Gasteiger partial charge in [0.05, 0.1) is 0 Å². The molecule has 0 saturated carbocycles. The molecule has 7 nitrogen and oxygen atoms in total. The summed E-state index contributed by atoms with van der Waals surface area (Å²) in [7, 11) is -2.50. The van der Waals surface area contributed by atoms with Gasteiger partial charge < -0.3 is 4.74 Å². The van der Waals surface area contributed by atoms with Gasteiger partial charge in [0.25, 0.3) is 5.91 Å². The molecule has 0 fully saturated rings. The Balaban J connectivity index is 1.77. The summed E-state index contributed by atoms with van der Waals surface area (Å²) in [6.07, 6.45) is 2.40. The Hall–Kier alpha value is -2.52. The lowest BCUT2D eigenvalue weighted by Gasteiger charge is -2.29. The number of nitrogens with one attached hydrogen (secondary N) is 1. The van der Waals surface area contributed by atoms with E-state index in [1.165, 1.54) is 22.5 Å². The number of nitrogens with zero attached hydrogens (tertiary/aromatic N) is 1. The molecular weight excluding hydrogens is 416 g/mol. The van der Waals surface area contributed by atoms with E-state index in [4.69, 9.17) is 9.94 Å². The number of hydrogen-bond donors (Lipinski definition) is 2. The molecule has 0 spiro atoms. The fraction of sp³-hybridized carbons (Fsp3) is 0.348. The smallest absolute Gasteiger partial charge is 0.263 e. The molecule has 166 valence electrons. The van der Waals surface area contributed by atoms with Crippen molar-refractivity contribution in [1.82, 2.24) is 9.79 Å². The summed E-state index contributed by atoms with van der Waals surface area (Å²) >= 11 is 0. The number of hydrogen-bond acceptors (Lipinski definition) is 5. The molecule has 0 unspecified atom stereocenters. The second kappa shape index (κ2) is 10.2. The van der Waals surface area contributed by atoms with Gasteiger partial charge in [0.1, 0.15) is 0 Å². The summed E-state index contributed by atoms with van der Waals surface area (Å²) in [6.45, 7) is 2.62. The molecule has 1 amide bonds. The molecule has 8 heteroatoms. The van der Waals surface area contributed by atoms with Gasteiger partial charge in [-0.3, -0.25) is 10.0 Å². The van der Waals surface area contributed by atoms with Crippen LogP contribution in [0.2, 0.25) is 0 Å². The number of sulfonamides is 1. The SMILES string of the molecule is COCC[C@@H](C(=O)NO)S(=O)(=O)N1CC=C(c2ccc(-c3ccccc3)c(C)c2)CC1. The van der Waals surface area contributed by atoms with Crippen LogP contribution in [0.3, 0.4) is 0 Å². The lowest BCUT2D eigenvalue weighted by atomic mass is 9.94. The van der Waals surface area contributed by atoms with Gasteiger partial charge in [-0.2, -0.15) is 4.31 Å². The van der Waals surface area contributed by atoms with E-state index in [0.717, 1.165) is 22.3 Å². The molecule has 31 heavy (non-hydrogen) atoms. The van der Waals surface area contributed by atoms with Crippen molar-refractivity contribution in [2.24, 2.45) is 0 Å². The van der Waals surface area contributed by atoms with Crippen molar-refractivity contribution in [3.8, 4) is 11.1 Å². The number of ether oxygens (including phenoxy) is 1. The molecule has 0 saturated heterocycles. The Morgan fingerprint density at radius 2 is 1.94 bits per heavy atom. The van der Waals surface area contributed by atoms with E-state index in [1.54, 1.807) is 0 Å². The predicted molar refractivity (Wildman–Crippen MR) is 120 cm³/mol. The van der Waals surface area contributed by atoms with Crippen molar-refractivity contribution >= 4 is 21.5 Å². The first kappa shape index (κ1) is 23.1. The van der Waals surface area contributed by atoms with E-state index in [-0.39, 0.29) is 26.1 Å². The Bertz CT molecular complexity index is 1050. The minimum Gasteiger partial charge on any atom is -0.385 e. The van der Waals surface area contributed by atoms with E-state index in [1.807, 2.05) is 24.3 Å². The fourth-order valence-electron chi connectivity index (χ4n) is 3.84. The minimum absolute atomic E-state index is 0.0293. The topological polar surface area (TPSA) is 95.9 Å². The lowest BCUT2D eigenvalue weighted by molar-refractivity contribution is -0.129. The van der Waals surface area contributed by atoms with Crippen LogP contribution >= 0.6 is 0 Å². The summed E-state index contributed by atoms with van der Waals surface area (Å²) in [4.78, 5) is 11.9. The summed E-state index contributed by atoms with van der Waals surface area (Å²) in [5.41, 5.74) is 7.09. The number of methoxy groups -OCH3 is 1. The molecule has 1 atom stereocenters. The molecule has 0 aromatic heterocycles. The molecule has 1 heterocycles. The zero-order chi connectivity index (χ0) is 22.4. The number of aryl methyl sites for hydroxylation is 1. The third kappa shape index (κ3) is 5.22. The maximum atomic E-state index is 13.0. The van der Waals surface area contributed by atoms with Gasteiger partial charge in [-0.1, -0.05) is 54.6 Å². The third-order valence-corrected chi connectivity index (χ3v) is 7.78. The monoisotopic (exact) mass is 444 g/mol. The lowest BCUT2D eigenvalue weighted by Crippen LogP contribution is -2.48. The second-order valence-corrected chi connectivity index (χ2v) is 9.64. The van der Waals surface area contributed by atoms with Gasteiger partial charge in [0, 0.05) is 26.8 Å². The number of carbonyl (C=O) groups is 1. The number of amides is 1. The third-order valence-electron chi connectivity index (χ3n) is 5.56. The molecule has 0 aliphatic carbocycles. The van der Waals surface area contributed by atoms with E-state index in [9.17, 15) is 13.2 Å². The standard InChI is InChI=1S/C23H28N2O5S/c1-17-16-20(8-9-21(17)19-6-4-3-5-7-19)18-10-13-25(14-11-18)31(28,29)22(12-15-30-2)23(26)24-27/h3-10,16,22,27H,11-15H2,1-2H3,(H,24,26)/t22-/m0/s1. The van der Waals surface area contributed by atoms with E-state index in [2.05, 4.69) is 37.3 Å². The molecule has 3 rings (SSSR count). The summed E-state index contributed by atoms with van der Waals surface area (Å²) in [5.74, 6) is -0.945. The number of rotatable bonds is 8. The largest absolute Gasteiger partial charge is 0.385 e. The normalized spacial score (nSPS) is 15.9. The van der Waals surface area contributed by atoms with Crippen molar-refractivity contribution in [3.05, 3.63) is 65.7 Å². The van der Waals surface area contributed by atoms with Crippen LogP contribution in [0, 0.1) is 6.92 Å². The highest BCUT2D eigenvalue weighted by atomic mass is 32.2. The Kier molecular flexibility index (Phi) is 7.61. The van der Waals surface area contributed by atoms with Crippen molar-refractivity contribution in [2.45, 2.75) is 25.0 Å². The maximum Gasteiger partial charge on any atom is 0.263 e. The summed E-state index contributed by atoms with van der Waals surface area (Å²) in [5, 5.41) is 7.56. The van der Waals surface area contributed by atoms with Gasteiger partial charge in [-0.15, -0.1) is 0 Å². The molecule has 2 aromatic carbocycles. The van der Waals surface area contributed by atoms with Crippen LogP contribution in [-0.4, -0.2) is 55.9 Å². The molecule has 2 N–H and O–H groups in total. The zero-order valence-electron chi connectivity index (χ0n) is 17.7. The molecule has 1 aliphatic rings. The Labute approximate surface area is 183 Å². The Morgan fingerprint density at radius 1 is 1.19 bits per heavy atom. The number of hydroxylamine groups is 1. The van der Waals surface area contributed by atoms with Gasteiger partial charge in [-0.25, -0.2) is 13.9 Å². The van der Waals surface area contributed by atoms with Crippen LogP contribution in [0.15, 0.2) is 54.6 Å². The number of carbonyl (C=O) groups excluding carboxylic acids is 1. The molecule has 2 aromatic rings. The van der Waals surface area contributed by atoms with Gasteiger partial charge in [0.15, 0.2) is 5.25 Å². The quantitative estimate of drug-likeness (QED) is 0.482.